The molecule has 0 radical (unpaired) electrons. The van der Waals surface area contributed by atoms with Crippen LogP contribution >= 0.6 is 15.9 Å². The van der Waals surface area contributed by atoms with E-state index in [9.17, 15) is 0 Å². The fraction of sp³-hybridized carbons (Fsp3) is 0.583. The second-order valence-electron chi connectivity index (χ2n) is 4.08. The van der Waals surface area contributed by atoms with Crippen LogP contribution in [0.2, 0.25) is 0 Å². The molecule has 82 valence electrons. The molecule has 0 unspecified atom stereocenters. The van der Waals surface area contributed by atoms with Gasteiger partial charge in [0.05, 0.1) is 10.2 Å². The molecule has 0 N–H and O–H groups in total. The van der Waals surface area contributed by atoms with E-state index in [1.807, 2.05) is 12.4 Å². The summed E-state index contributed by atoms with van der Waals surface area (Å²) in [6.07, 6.45) is 10.5. The molecular formula is C12H17BrN2. The lowest BCUT2D eigenvalue weighted by Crippen LogP contribution is -2.27. The highest BCUT2D eigenvalue weighted by atomic mass is 79.9. The lowest BCUT2D eigenvalue weighted by molar-refractivity contribution is 0.556. The quantitative estimate of drug-likeness (QED) is 0.774. The first-order valence-corrected chi connectivity index (χ1v) is 6.52. The van der Waals surface area contributed by atoms with E-state index in [2.05, 4.69) is 31.9 Å². The molecular weight excluding hydrogens is 252 g/mol. The normalized spacial score (nSPS) is 18.3. The summed E-state index contributed by atoms with van der Waals surface area (Å²) in [6.45, 7) is 2.37. The smallest absolute Gasteiger partial charge is 0.0592 e. The minimum absolute atomic E-state index is 1.12. The van der Waals surface area contributed by atoms with Crippen molar-refractivity contribution in [3.05, 3.63) is 22.9 Å². The first-order chi connectivity index (χ1) is 7.38. The first kappa shape index (κ1) is 10.9. The second kappa shape index (κ2) is 5.50. The molecule has 0 aromatic carbocycles. The molecule has 2 nitrogen and oxygen atoms in total. The molecule has 0 saturated carbocycles. The van der Waals surface area contributed by atoms with Gasteiger partial charge in [-0.2, -0.15) is 0 Å². The molecule has 0 bridgehead atoms. The van der Waals surface area contributed by atoms with E-state index in [-0.39, 0.29) is 0 Å². The Hall–Kier alpha value is -0.570. The summed E-state index contributed by atoms with van der Waals surface area (Å²) in [7, 11) is 0. The van der Waals surface area contributed by atoms with Gasteiger partial charge in [-0.1, -0.05) is 19.3 Å². The summed E-state index contributed by atoms with van der Waals surface area (Å²) in [5.41, 5.74) is 1.30. The van der Waals surface area contributed by atoms with Gasteiger partial charge in [0.2, 0.25) is 0 Å². The maximum atomic E-state index is 4.11. The Kier molecular flexibility index (Phi) is 4.01. The molecule has 15 heavy (non-hydrogen) atoms. The molecule has 3 heteroatoms. The number of rotatable bonds is 1. The summed E-state index contributed by atoms with van der Waals surface area (Å²) < 4.78 is 1.12. The molecule has 2 heterocycles. The average Bonchev–Trinajstić information content (AvgIpc) is 2.19. The van der Waals surface area contributed by atoms with Crippen molar-refractivity contribution in [3.63, 3.8) is 0 Å². The van der Waals surface area contributed by atoms with Crippen LogP contribution < -0.4 is 4.90 Å². The Morgan fingerprint density at radius 1 is 1.07 bits per heavy atom. The zero-order valence-electron chi connectivity index (χ0n) is 8.95. The van der Waals surface area contributed by atoms with Crippen LogP contribution in [0.1, 0.15) is 32.1 Å². The second-order valence-corrected chi connectivity index (χ2v) is 4.94. The minimum atomic E-state index is 1.12. The maximum Gasteiger partial charge on any atom is 0.0592 e. The molecule has 0 atom stereocenters. The molecule has 1 aliphatic heterocycles. The van der Waals surface area contributed by atoms with Crippen molar-refractivity contribution >= 4 is 21.6 Å². The lowest BCUT2D eigenvalue weighted by Gasteiger charge is -2.27. The number of pyridine rings is 1. The Balaban J connectivity index is 2.10. The van der Waals surface area contributed by atoms with Crippen LogP contribution in [0.3, 0.4) is 0 Å². The van der Waals surface area contributed by atoms with E-state index in [1.54, 1.807) is 0 Å². The van der Waals surface area contributed by atoms with Gasteiger partial charge >= 0.3 is 0 Å². The van der Waals surface area contributed by atoms with Crippen molar-refractivity contribution in [3.8, 4) is 0 Å². The van der Waals surface area contributed by atoms with Gasteiger partial charge in [-0.05, 0) is 34.8 Å². The number of halogens is 1. The van der Waals surface area contributed by atoms with E-state index in [0.717, 1.165) is 4.47 Å². The molecule has 1 aromatic heterocycles. The Morgan fingerprint density at radius 2 is 1.73 bits per heavy atom. The van der Waals surface area contributed by atoms with Crippen molar-refractivity contribution in [2.45, 2.75) is 32.1 Å². The van der Waals surface area contributed by atoms with Gasteiger partial charge in [-0.3, -0.25) is 4.98 Å². The standard InChI is InChI=1S/C12H17BrN2/c13-11-10-14-7-6-12(11)15-8-4-2-1-3-5-9-15/h6-7,10H,1-5,8-9H2. The van der Waals surface area contributed by atoms with E-state index in [1.165, 1.54) is 50.9 Å². The predicted molar refractivity (Wildman–Crippen MR) is 67.2 cm³/mol. The summed E-state index contributed by atoms with van der Waals surface area (Å²) in [4.78, 5) is 6.59. The molecule has 1 fully saturated rings. The van der Waals surface area contributed by atoms with Gasteiger partial charge in [-0.15, -0.1) is 0 Å². The average molecular weight is 269 g/mol. The third-order valence-corrected chi connectivity index (χ3v) is 3.56. The van der Waals surface area contributed by atoms with Crippen LogP contribution in [0.25, 0.3) is 0 Å². The minimum Gasteiger partial charge on any atom is -0.371 e. The molecule has 1 saturated heterocycles. The van der Waals surface area contributed by atoms with Crippen LogP contribution in [0.15, 0.2) is 22.9 Å². The SMILES string of the molecule is Brc1cnccc1N1CCCCCCC1. The predicted octanol–water partition coefficient (Wildman–Crippen LogP) is 3.61. The van der Waals surface area contributed by atoms with Gasteiger partial charge in [0.15, 0.2) is 0 Å². The number of hydrogen-bond donors (Lipinski definition) is 0. The lowest BCUT2D eigenvalue weighted by atomic mass is 10.1. The van der Waals surface area contributed by atoms with Crippen LogP contribution in [0, 0.1) is 0 Å². The number of anilines is 1. The summed E-state index contributed by atoms with van der Waals surface area (Å²) in [5, 5.41) is 0. The van der Waals surface area contributed by atoms with Crippen LogP contribution in [-0.2, 0) is 0 Å². The number of aromatic nitrogens is 1. The van der Waals surface area contributed by atoms with Gasteiger partial charge in [0.25, 0.3) is 0 Å². The monoisotopic (exact) mass is 268 g/mol. The van der Waals surface area contributed by atoms with Gasteiger partial charge < -0.3 is 4.90 Å². The third-order valence-electron chi connectivity index (χ3n) is 2.95. The topological polar surface area (TPSA) is 16.1 Å². The largest absolute Gasteiger partial charge is 0.371 e. The summed E-state index contributed by atoms with van der Waals surface area (Å²) in [6, 6.07) is 2.10. The van der Waals surface area contributed by atoms with Crippen LogP contribution in [-0.4, -0.2) is 18.1 Å². The summed E-state index contributed by atoms with van der Waals surface area (Å²) in [5.74, 6) is 0. The van der Waals surface area contributed by atoms with E-state index in [4.69, 9.17) is 0 Å². The van der Waals surface area contributed by atoms with Crippen molar-refractivity contribution in [2.75, 3.05) is 18.0 Å². The zero-order valence-corrected chi connectivity index (χ0v) is 10.5. The highest BCUT2D eigenvalue weighted by molar-refractivity contribution is 9.10. The van der Waals surface area contributed by atoms with Gasteiger partial charge in [0.1, 0.15) is 0 Å². The number of nitrogens with zero attached hydrogens (tertiary/aromatic N) is 2. The highest BCUT2D eigenvalue weighted by Crippen LogP contribution is 2.26. The maximum absolute atomic E-state index is 4.11. The van der Waals surface area contributed by atoms with Crippen molar-refractivity contribution < 1.29 is 0 Å². The molecule has 2 rings (SSSR count). The Labute approximate surface area is 99.8 Å². The molecule has 0 aliphatic carbocycles. The molecule has 0 amide bonds. The van der Waals surface area contributed by atoms with E-state index in [0.29, 0.717) is 0 Å². The molecule has 1 aromatic rings. The summed E-state index contributed by atoms with van der Waals surface area (Å²) >= 11 is 3.57. The van der Waals surface area contributed by atoms with E-state index >= 15 is 0 Å². The number of hydrogen-bond acceptors (Lipinski definition) is 2. The van der Waals surface area contributed by atoms with Gasteiger partial charge in [-0.25, -0.2) is 0 Å². The van der Waals surface area contributed by atoms with Gasteiger partial charge in [0, 0.05) is 25.5 Å². The fourth-order valence-electron chi connectivity index (χ4n) is 2.11. The Morgan fingerprint density at radius 3 is 2.40 bits per heavy atom. The van der Waals surface area contributed by atoms with E-state index < -0.39 is 0 Å². The van der Waals surface area contributed by atoms with Crippen LogP contribution in [0.4, 0.5) is 5.69 Å². The third kappa shape index (κ3) is 2.94. The van der Waals surface area contributed by atoms with Crippen molar-refractivity contribution in [1.29, 1.82) is 0 Å². The molecule has 0 spiro atoms. The van der Waals surface area contributed by atoms with Crippen LogP contribution in [0.5, 0.6) is 0 Å². The fourth-order valence-corrected chi connectivity index (χ4v) is 2.61. The first-order valence-electron chi connectivity index (χ1n) is 5.72. The highest BCUT2D eigenvalue weighted by Gasteiger charge is 2.11. The Bertz CT molecular complexity index is 306. The zero-order chi connectivity index (χ0) is 10.5. The van der Waals surface area contributed by atoms with Crippen molar-refractivity contribution in [2.24, 2.45) is 0 Å². The van der Waals surface area contributed by atoms with Crippen molar-refractivity contribution in [1.82, 2.24) is 4.98 Å². The molecule has 1 aliphatic rings.